The van der Waals surface area contributed by atoms with E-state index in [0.717, 1.165) is 11.1 Å². The lowest BCUT2D eigenvalue weighted by atomic mass is 10.1. The second-order valence-electron chi connectivity index (χ2n) is 7.29. The molecule has 0 aliphatic carbocycles. The Kier molecular flexibility index (Phi) is 6.02. The van der Waals surface area contributed by atoms with Gasteiger partial charge in [-0.1, -0.05) is 42.5 Å². The van der Waals surface area contributed by atoms with Crippen LogP contribution < -0.4 is 10.6 Å². The number of nitrogens with one attached hydrogen (secondary N) is 2. The zero-order valence-corrected chi connectivity index (χ0v) is 16.8. The number of anilines is 1. The fourth-order valence-electron chi connectivity index (χ4n) is 3.38. The number of amides is 4. The SMILES string of the molecule is O=C(CC[C@H]1NC(=O)N(Cc2ccccc2)C1=O)Nc1ccc(Cn2cncn2)cc1. The van der Waals surface area contributed by atoms with Gasteiger partial charge in [-0.3, -0.25) is 14.5 Å². The van der Waals surface area contributed by atoms with Crippen LogP contribution in [-0.2, 0) is 22.7 Å². The number of aromatic nitrogens is 3. The first-order valence-corrected chi connectivity index (χ1v) is 9.95. The highest BCUT2D eigenvalue weighted by molar-refractivity contribution is 6.04. The number of hydrogen-bond acceptors (Lipinski definition) is 5. The molecule has 9 heteroatoms. The van der Waals surface area contributed by atoms with Gasteiger partial charge in [0.1, 0.15) is 18.7 Å². The molecular formula is C22H22N6O3. The predicted octanol–water partition coefficient (Wildman–Crippen LogP) is 2.17. The van der Waals surface area contributed by atoms with Crippen molar-refractivity contribution in [1.82, 2.24) is 25.0 Å². The Labute approximate surface area is 179 Å². The molecule has 1 aliphatic heterocycles. The van der Waals surface area contributed by atoms with Crippen molar-refractivity contribution in [2.45, 2.75) is 32.0 Å². The molecule has 0 saturated carbocycles. The minimum atomic E-state index is -0.688. The lowest BCUT2D eigenvalue weighted by Crippen LogP contribution is -2.31. The molecule has 2 heterocycles. The molecule has 2 N–H and O–H groups in total. The van der Waals surface area contributed by atoms with Crippen LogP contribution in [0.4, 0.5) is 10.5 Å². The summed E-state index contributed by atoms with van der Waals surface area (Å²) in [5, 5.41) is 9.54. The van der Waals surface area contributed by atoms with Gasteiger partial charge in [0.25, 0.3) is 5.91 Å². The first-order chi connectivity index (χ1) is 15.1. The van der Waals surface area contributed by atoms with Gasteiger partial charge in [0.15, 0.2) is 0 Å². The van der Waals surface area contributed by atoms with E-state index in [1.54, 1.807) is 11.0 Å². The predicted molar refractivity (Wildman–Crippen MR) is 113 cm³/mol. The third kappa shape index (κ3) is 5.13. The Morgan fingerprint density at radius 3 is 2.45 bits per heavy atom. The van der Waals surface area contributed by atoms with Crippen molar-refractivity contribution in [3.63, 3.8) is 0 Å². The molecule has 4 rings (SSSR count). The Bertz CT molecular complexity index is 1050. The van der Waals surface area contributed by atoms with Crippen LogP contribution in [-0.4, -0.2) is 43.6 Å². The summed E-state index contributed by atoms with van der Waals surface area (Å²) >= 11 is 0. The molecule has 9 nitrogen and oxygen atoms in total. The number of carbonyl (C=O) groups is 3. The van der Waals surface area contributed by atoms with Gasteiger partial charge in [-0.2, -0.15) is 5.10 Å². The van der Waals surface area contributed by atoms with Gasteiger partial charge in [0.05, 0.1) is 13.1 Å². The van der Waals surface area contributed by atoms with Crippen LogP contribution in [0.1, 0.15) is 24.0 Å². The Hall–Kier alpha value is -4.01. The largest absolute Gasteiger partial charge is 0.326 e. The summed E-state index contributed by atoms with van der Waals surface area (Å²) in [6.45, 7) is 0.812. The second kappa shape index (κ2) is 9.21. The van der Waals surface area contributed by atoms with Gasteiger partial charge in [0.2, 0.25) is 5.91 Å². The normalized spacial score (nSPS) is 15.7. The maximum Gasteiger partial charge on any atom is 0.325 e. The van der Waals surface area contributed by atoms with E-state index >= 15 is 0 Å². The monoisotopic (exact) mass is 418 g/mol. The lowest BCUT2D eigenvalue weighted by molar-refractivity contribution is -0.128. The molecule has 1 saturated heterocycles. The van der Waals surface area contributed by atoms with Crippen molar-refractivity contribution < 1.29 is 14.4 Å². The maximum absolute atomic E-state index is 12.6. The topological polar surface area (TPSA) is 109 Å². The van der Waals surface area contributed by atoms with Gasteiger partial charge in [-0.15, -0.1) is 0 Å². The summed E-state index contributed by atoms with van der Waals surface area (Å²) in [5.41, 5.74) is 2.57. The zero-order chi connectivity index (χ0) is 21.6. The minimum absolute atomic E-state index is 0.122. The summed E-state index contributed by atoms with van der Waals surface area (Å²) < 4.78 is 1.71. The van der Waals surface area contributed by atoms with Gasteiger partial charge in [-0.25, -0.2) is 14.5 Å². The van der Waals surface area contributed by atoms with E-state index in [9.17, 15) is 14.4 Å². The van der Waals surface area contributed by atoms with Crippen LogP contribution in [0.5, 0.6) is 0 Å². The van der Waals surface area contributed by atoms with E-state index in [-0.39, 0.29) is 31.2 Å². The number of nitrogens with zero attached hydrogens (tertiary/aromatic N) is 4. The molecule has 4 amide bonds. The van der Waals surface area contributed by atoms with Gasteiger partial charge in [0, 0.05) is 12.1 Å². The van der Waals surface area contributed by atoms with Gasteiger partial charge >= 0.3 is 6.03 Å². The van der Waals surface area contributed by atoms with Crippen LogP contribution >= 0.6 is 0 Å². The average Bonchev–Trinajstić information content (AvgIpc) is 3.38. The van der Waals surface area contributed by atoms with Crippen LogP contribution in [0.25, 0.3) is 0 Å². The summed E-state index contributed by atoms with van der Waals surface area (Å²) in [5.74, 6) is -0.522. The maximum atomic E-state index is 12.6. The van der Waals surface area contributed by atoms with Crippen molar-refractivity contribution in [2.75, 3.05) is 5.32 Å². The third-order valence-corrected chi connectivity index (χ3v) is 5.00. The molecule has 1 fully saturated rings. The van der Waals surface area contributed by atoms with Gasteiger partial charge < -0.3 is 10.6 Å². The van der Waals surface area contributed by atoms with Crippen molar-refractivity contribution in [2.24, 2.45) is 0 Å². The molecule has 0 radical (unpaired) electrons. The summed E-state index contributed by atoms with van der Waals surface area (Å²) in [6.07, 6.45) is 3.48. The standard InChI is InChI=1S/C22H22N6O3/c29-20(25-18-8-6-17(7-9-18)12-27-15-23-14-24-27)11-10-19-21(30)28(22(31)26-19)13-16-4-2-1-3-5-16/h1-9,14-15,19H,10-13H2,(H,25,29)(H,26,31)/t19-/m1/s1. The lowest BCUT2D eigenvalue weighted by Gasteiger charge is -2.13. The molecular weight excluding hydrogens is 396 g/mol. The van der Waals surface area contributed by atoms with E-state index in [0.29, 0.717) is 12.2 Å². The molecule has 1 aliphatic rings. The fourth-order valence-corrected chi connectivity index (χ4v) is 3.38. The zero-order valence-electron chi connectivity index (χ0n) is 16.8. The molecule has 0 bridgehead atoms. The highest BCUT2D eigenvalue weighted by Crippen LogP contribution is 2.16. The second-order valence-corrected chi connectivity index (χ2v) is 7.29. The Balaban J connectivity index is 1.26. The Morgan fingerprint density at radius 2 is 1.74 bits per heavy atom. The van der Waals surface area contributed by atoms with E-state index in [1.807, 2.05) is 54.6 Å². The van der Waals surface area contributed by atoms with Crippen molar-refractivity contribution in [1.29, 1.82) is 0 Å². The van der Waals surface area contributed by atoms with Crippen molar-refractivity contribution in [3.8, 4) is 0 Å². The molecule has 1 atom stereocenters. The number of imide groups is 1. The van der Waals surface area contributed by atoms with Crippen LogP contribution in [0, 0.1) is 0 Å². The number of urea groups is 1. The summed E-state index contributed by atoms with van der Waals surface area (Å²) in [7, 11) is 0. The smallest absolute Gasteiger partial charge is 0.325 e. The molecule has 0 spiro atoms. The fraction of sp³-hybridized carbons (Fsp3) is 0.227. The van der Waals surface area contributed by atoms with E-state index < -0.39 is 12.1 Å². The van der Waals surface area contributed by atoms with Crippen molar-refractivity contribution in [3.05, 3.63) is 78.4 Å². The number of rotatable bonds is 8. The third-order valence-electron chi connectivity index (χ3n) is 5.00. The number of benzene rings is 2. The highest BCUT2D eigenvalue weighted by Gasteiger charge is 2.37. The molecule has 3 aromatic rings. The summed E-state index contributed by atoms with van der Waals surface area (Å²) in [4.78, 5) is 42.1. The van der Waals surface area contributed by atoms with Gasteiger partial charge in [-0.05, 0) is 29.7 Å². The molecule has 2 aromatic carbocycles. The first kappa shape index (κ1) is 20.3. The van der Waals surface area contributed by atoms with Crippen LogP contribution in [0.2, 0.25) is 0 Å². The molecule has 158 valence electrons. The van der Waals surface area contributed by atoms with E-state index in [2.05, 4.69) is 20.7 Å². The molecule has 0 unspecified atom stereocenters. The van der Waals surface area contributed by atoms with E-state index in [1.165, 1.54) is 11.2 Å². The molecule has 31 heavy (non-hydrogen) atoms. The minimum Gasteiger partial charge on any atom is -0.326 e. The number of carbonyl (C=O) groups excluding carboxylic acids is 3. The quantitative estimate of drug-likeness (QED) is 0.545. The van der Waals surface area contributed by atoms with Crippen molar-refractivity contribution >= 4 is 23.5 Å². The Morgan fingerprint density at radius 1 is 1.00 bits per heavy atom. The molecule has 1 aromatic heterocycles. The van der Waals surface area contributed by atoms with Crippen LogP contribution in [0.3, 0.4) is 0 Å². The van der Waals surface area contributed by atoms with E-state index in [4.69, 9.17) is 0 Å². The highest BCUT2D eigenvalue weighted by atomic mass is 16.2. The first-order valence-electron chi connectivity index (χ1n) is 9.95. The number of hydrogen-bond donors (Lipinski definition) is 2. The average molecular weight is 418 g/mol. The summed E-state index contributed by atoms with van der Waals surface area (Å²) in [6, 6.07) is 15.6. The van der Waals surface area contributed by atoms with Crippen LogP contribution in [0.15, 0.2) is 67.3 Å².